The second-order valence-electron chi connectivity index (χ2n) is 5.60. The first-order valence-electron chi connectivity index (χ1n) is 7.11. The number of likely N-dealkylation sites (tertiary alicyclic amines) is 1. The molecular formula is C14H19N3O2S. The molecule has 108 valence electrons. The predicted molar refractivity (Wildman–Crippen MR) is 76.4 cm³/mol. The fraction of sp³-hybridized carbons (Fsp3) is 0.643. The summed E-state index contributed by atoms with van der Waals surface area (Å²) < 4.78 is 0. The van der Waals surface area contributed by atoms with Crippen LogP contribution in [0.1, 0.15) is 30.0 Å². The Kier molecular flexibility index (Phi) is 3.74. The van der Waals surface area contributed by atoms with E-state index in [1.54, 1.807) is 11.3 Å². The van der Waals surface area contributed by atoms with Gasteiger partial charge in [0.25, 0.3) is 0 Å². The van der Waals surface area contributed by atoms with Crippen molar-refractivity contribution in [1.82, 2.24) is 15.2 Å². The van der Waals surface area contributed by atoms with Crippen molar-refractivity contribution >= 4 is 23.2 Å². The van der Waals surface area contributed by atoms with Gasteiger partial charge in [-0.1, -0.05) is 0 Å². The number of nitrogens with one attached hydrogen (secondary N) is 1. The van der Waals surface area contributed by atoms with E-state index in [0.29, 0.717) is 25.6 Å². The number of hydrogen-bond acceptors (Lipinski definition) is 4. The Morgan fingerprint density at radius 2 is 2.35 bits per heavy atom. The van der Waals surface area contributed by atoms with Crippen LogP contribution in [0.15, 0.2) is 5.38 Å². The molecule has 0 unspecified atom stereocenters. The van der Waals surface area contributed by atoms with Gasteiger partial charge in [-0.15, -0.1) is 11.3 Å². The van der Waals surface area contributed by atoms with Crippen molar-refractivity contribution in [1.29, 1.82) is 0 Å². The topological polar surface area (TPSA) is 62.3 Å². The zero-order valence-corrected chi connectivity index (χ0v) is 12.4. The summed E-state index contributed by atoms with van der Waals surface area (Å²) in [5.41, 5.74) is 1.03. The summed E-state index contributed by atoms with van der Waals surface area (Å²) in [4.78, 5) is 30.1. The van der Waals surface area contributed by atoms with E-state index in [4.69, 9.17) is 0 Å². The third-order valence-electron chi connectivity index (χ3n) is 3.82. The summed E-state index contributed by atoms with van der Waals surface area (Å²) in [5.74, 6) is -0.0147. The summed E-state index contributed by atoms with van der Waals surface area (Å²) >= 11 is 1.62. The van der Waals surface area contributed by atoms with Crippen LogP contribution < -0.4 is 5.32 Å². The normalized spacial score (nSPS) is 22.4. The van der Waals surface area contributed by atoms with Crippen LogP contribution in [0, 0.1) is 12.8 Å². The Bertz CT molecular complexity index is 524. The van der Waals surface area contributed by atoms with Crippen LogP contribution in [-0.2, 0) is 16.0 Å². The smallest absolute Gasteiger partial charge is 0.225 e. The SMILES string of the molecule is Cc1csc(CCNC(=O)[C@@H]2CC(=O)N(C3CC3)C2)n1. The van der Waals surface area contributed by atoms with Gasteiger partial charge in [0.15, 0.2) is 0 Å². The second kappa shape index (κ2) is 5.52. The maximum absolute atomic E-state index is 12.1. The van der Waals surface area contributed by atoms with Gasteiger partial charge in [-0.25, -0.2) is 4.98 Å². The van der Waals surface area contributed by atoms with Crippen LogP contribution in [-0.4, -0.2) is 40.8 Å². The summed E-state index contributed by atoms with van der Waals surface area (Å²) in [7, 11) is 0. The van der Waals surface area contributed by atoms with Crippen molar-refractivity contribution in [3.8, 4) is 0 Å². The van der Waals surface area contributed by atoms with Crippen LogP contribution in [0.3, 0.4) is 0 Å². The molecule has 5 nitrogen and oxygen atoms in total. The Labute approximate surface area is 122 Å². The van der Waals surface area contributed by atoms with Gasteiger partial charge in [-0.05, 0) is 19.8 Å². The summed E-state index contributed by atoms with van der Waals surface area (Å²) in [5, 5.41) is 5.99. The fourth-order valence-electron chi connectivity index (χ4n) is 2.60. The van der Waals surface area contributed by atoms with Gasteiger partial charge in [0, 0.05) is 43.0 Å². The average molecular weight is 293 g/mol. The molecule has 1 aromatic rings. The van der Waals surface area contributed by atoms with E-state index in [1.807, 2.05) is 17.2 Å². The summed E-state index contributed by atoms with van der Waals surface area (Å²) in [6, 6.07) is 0.415. The predicted octanol–water partition coefficient (Wildman–Crippen LogP) is 1.12. The molecule has 20 heavy (non-hydrogen) atoms. The maximum Gasteiger partial charge on any atom is 0.225 e. The number of nitrogens with zero attached hydrogens (tertiary/aromatic N) is 2. The van der Waals surface area contributed by atoms with Crippen molar-refractivity contribution in [2.75, 3.05) is 13.1 Å². The van der Waals surface area contributed by atoms with Crippen molar-refractivity contribution in [3.05, 3.63) is 16.1 Å². The lowest BCUT2D eigenvalue weighted by molar-refractivity contribution is -0.129. The third kappa shape index (κ3) is 3.00. The van der Waals surface area contributed by atoms with Crippen LogP contribution in [0.5, 0.6) is 0 Å². The van der Waals surface area contributed by atoms with E-state index in [2.05, 4.69) is 10.3 Å². The fourth-order valence-corrected chi connectivity index (χ4v) is 3.38. The van der Waals surface area contributed by atoms with Gasteiger partial charge < -0.3 is 10.2 Å². The quantitative estimate of drug-likeness (QED) is 0.885. The molecule has 6 heteroatoms. The number of carbonyl (C=O) groups is 2. The first kappa shape index (κ1) is 13.5. The summed E-state index contributed by atoms with van der Waals surface area (Å²) in [6.45, 7) is 3.17. The van der Waals surface area contributed by atoms with E-state index in [1.165, 1.54) is 0 Å². The molecule has 2 aliphatic rings. The number of rotatable bonds is 5. The number of thiazole rings is 1. The first-order valence-corrected chi connectivity index (χ1v) is 7.99. The second-order valence-corrected chi connectivity index (χ2v) is 6.54. The van der Waals surface area contributed by atoms with E-state index in [9.17, 15) is 9.59 Å². The molecule has 2 amide bonds. The number of aryl methyl sites for hydroxylation is 1. The first-order chi connectivity index (χ1) is 9.63. The highest BCUT2D eigenvalue weighted by molar-refractivity contribution is 7.09. The molecule has 2 heterocycles. The molecule has 0 spiro atoms. The molecule has 3 rings (SSSR count). The molecule has 1 N–H and O–H groups in total. The molecule has 0 radical (unpaired) electrons. The number of amides is 2. The lowest BCUT2D eigenvalue weighted by Gasteiger charge is -2.15. The van der Waals surface area contributed by atoms with Crippen LogP contribution >= 0.6 is 11.3 Å². The average Bonchev–Trinajstić information content (AvgIpc) is 3.06. The molecule has 2 fully saturated rings. The van der Waals surface area contributed by atoms with E-state index in [0.717, 1.165) is 30.0 Å². The van der Waals surface area contributed by atoms with Gasteiger partial charge in [0.2, 0.25) is 11.8 Å². The molecule has 1 saturated carbocycles. The van der Waals surface area contributed by atoms with Crippen LogP contribution in [0.2, 0.25) is 0 Å². The van der Waals surface area contributed by atoms with Gasteiger partial charge >= 0.3 is 0 Å². The van der Waals surface area contributed by atoms with Crippen LogP contribution in [0.25, 0.3) is 0 Å². The van der Waals surface area contributed by atoms with Crippen molar-refractivity contribution in [2.45, 2.75) is 38.6 Å². The molecule has 1 atom stereocenters. The molecule has 1 aromatic heterocycles. The number of aromatic nitrogens is 1. The lowest BCUT2D eigenvalue weighted by atomic mass is 10.1. The molecule has 0 bridgehead atoms. The van der Waals surface area contributed by atoms with Gasteiger partial charge in [0.05, 0.1) is 10.9 Å². The van der Waals surface area contributed by atoms with Crippen molar-refractivity contribution < 1.29 is 9.59 Å². The minimum absolute atomic E-state index is 0.00905. The summed E-state index contributed by atoms with van der Waals surface area (Å²) in [6.07, 6.45) is 3.34. The minimum Gasteiger partial charge on any atom is -0.355 e. The van der Waals surface area contributed by atoms with Crippen molar-refractivity contribution in [2.24, 2.45) is 5.92 Å². The molecule has 1 aliphatic heterocycles. The highest BCUT2D eigenvalue weighted by atomic mass is 32.1. The standard InChI is InChI=1S/C14H19N3O2S/c1-9-8-20-12(16-9)4-5-15-14(19)10-6-13(18)17(7-10)11-2-3-11/h8,10-11H,2-7H2,1H3,(H,15,19)/t10-/m1/s1. The third-order valence-corrected chi connectivity index (χ3v) is 4.85. The monoisotopic (exact) mass is 293 g/mol. The van der Waals surface area contributed by atoms with Gasteiger partial charge in [-0.2, -0.15) is 0 Å². The molecule has 0 aromatic carbocycles. The molecule has 1 aliphatic carbocycles. The van der Waals surface area contributed by atoms with E-state index in [-0.39, 0.29) is 17.7 Å². The Morgan fingerprint density at radius 1 is 1.55 bits per heavy atom. The van der Waals surface area contributed by atoms with E-state index >= 15 is 0 Å². The number of carbonyl (C=O) groups excluding carboxylic acids is 2. The lowest BCUT2D eigenvalue weighted by Crippen LogP contribution is -2.34. The molecular weight excluding hydrogens is 274 g/mol. The van der Waals surface area contributed by atoms with Crippen molar-refractivity contribution in [3.63, 3.8) is 0 Å². The molecule has 1 saturated heterocycles. The minimum atomic E-state index is -0.166. The van der Waals surface area contributed by atoms with Gasteiger partial charge in [-0.3, -0.25) is 9.59 Å². The Hall–Kier alpha value is -1.43. The maximum atomic E-state index is 12.1. The zero-order valence-electron chi connectivity index (χ0n) is 11.6. The Balaban J connectivity index is 1.44. The Morgan fingerprint density at radius 3 is 3.00 bits per heavy atom. The number of hydrogen-bond donors (Lipinski definition) is 1. The van der Waals surface area contributed by atoms with Gasteiger partial charge in [0.1, 0.15) is 0 Å². The zero-order chi connectivity index (χ0) is 14.1. The van der Waals surface area contributed by atoms with E-state index < -0.39 is 0 Å². The highest BCUT2D eigenvalue weighted by Gasteiger charge is 2.41. The largest absolute Gasteiger partial charge is 0.355 e. The highest BCUT2D eigenvalue weighted by Crippen LogP contribution is 2.32. The van der Waals surface area contributed by atoms with Crippen LogP contribution in [0.4, 0.5) is 0 Å².